The van der Waals surface area contributed by atoms with Crippen molar-refractivity contribution in [2.75, 3.05) is 6.54 Å². The van der Waals surface area contributed by atoms with Gasteiger partial charge in [0, 0.05) is 30.0 Å². The molecule has 7 heteroatoms. The maximum absolute atomic E-state index is 12.0. The molecule has 2 N–H and O–H groups in total. The van der Waals surface area contributed by atoms with Gasteiger partial charge >= 0.3 is 11.6 Å². The maximum atomic E-state index is 12.0. The Morgan fingerprint density at radius 2 is 2.08 bits per heavy atom. The average Bonchev–Trinajstić information content (AvgIpc) is 3.08. The highest BCUT2D eigenvalue weighted by Crippen LogP contribution is 2.29. The van der Waals surface area contributed by atoms with Crippen LogP contribution in [0, 0.1) is 0 Å². The van der Waals surface area contributed by atoms with Crippen LogP contribution in [-0.4, -0.2) is 29.6 Å². The monoisotopic (exact) mass is 359 g/mol. The molecule has 0 radical (unpaired) electrons. The Balaban J connectivity index is 1.67. The SMILES string of the molecule is CC(Oc1ccc2c3c(c(=O)oc2c1)CCC3)C(=O)NCCCC(=O)O. The molecule has 7 nitrogen and oxygen atoms in total. The van der Waals surface area contributed by atoms with Gasteiger partial charge in [-0.2, -0.15) is 0 Å². The molecule has 1 amide bonds. The van der Waals surface area contributed by atoms with E-state index in [-0.39, 0.29) is 24.5 Å². The minimum absolute atomic E-state index is 0.00352. The number of ether oxygens (including phenoxy) is 1. The number of aliphatic carboxylic acids is 1. The molecule has 0 saturated heterocycles. The second-order valence-electron chi connectivity index (χ2n) is 6.41. The molecule has 3 rings (SSSR count). The Labute approximate surface area is 150 Å². The van der Waals surface area contributed by atoms with Crippen LogP contribution in [-0.2, 0) is 22.4 Å². The highest BCUT2D eigenvalue weighted by atomic mass is 16.5. The zero-order valence-electron chi connectivity index (χ0n) is 14.5. The fourth-order valence-electron chi connectivity index (χ4n) is 3.19. The predicted molar refractivity (Wildman–Crippen MR) is 94.5 cm³/mol. The summed E-state index contributed by atoms with van der Waals surface area (Å²) in [4.78, 5) is 34.5. The van der Waals surface area contributed by atoms with Crippen molar-refractivity contribution in [3.05, 3.63) is 39.7 Å². The first kappa shape index (κ1) is 18.0. The van der Waals surface area contributed by atoms with E-state index in [2.05, 4.69) is 5.32 Å². The minimum Gasteiger partial charge on any atom is -0.481 e. The van der Waals surface area contributed by atoms with Crippen molar-refractivity contribution >= 4 is 22.8 Å². The van der Waals surface area contributed by atoms with Gasteiger partial charge < -0.3 is 19.6 Å². The first-order chi connectivity index (χ1) is 12.5. The Bertz CT molecular complexity index is 901. The van der Waals surface area contributed by atoms with E-state index < -0.39 is 12.1 Å². The summed E-state index contributed by atoms with van der Waals surface area (Å²) >= 11 is 0. The summed E-state index contributed by atoms with van der Waals surface area (Å²) in [6.45, 7) is 1.88. The molecule has 1 heterocycles. The lowest BCUT2D eigenvalue weighted by atomic mass is 10.1. The Hall–Kier alpha value is -2.83. The third-order valence-corrected chi connectivity index (χ3v) is 4.49. The van der Waals surface area contributed by atoms with Crippen molar-refractivity contribution in [2.45, 2.75) is 45.1 Å². The molecule has 2 aromatic rings. The summed E-state index contributed by atoms with van der Waals surface area (Å²) in [5, 5.41) is 12.1. The van der Waals surface area contributed by atoms with Crippen LogP contribution in [0.3, 0.4) is 0 Å². The molecular weight excluding hydrogens is 338 g/mol. The number of nitrogens with one attached hydrogen (secondary N) is 1. The van der Waals surface area contributed by atoms with Crippen molar-refractivity contribution in [3.63, 3.8) is 0 Å². The summed E-state index contributed by atoms with van der Waals surface area (Å²) < 4.78 is 11.0. The second kappa shape index (κ2) is 7.59. The van der Waals surface area contributed by atoms with Gasteiger partial charge in [0.2, 0.25) is 0 Å². The molecule has 1 aliphatic rings. The van der Waals surface area contributed by atoms with E-state index >= 15 is 0 Å². The summed E-state index contributed by atoms with van der Waals surface area (Å²) in [6, 6.07) is 5.24. The molecule has 0 fully saturated rings. The number of hydrogen-bond acceptors (Lipinski definition) is 5. The van der Waals surface area contributed by atoms with Crippen LogP contribution in [0.15, 0.2) is 27.4 Å². The summed E-state index contributed by atoms with van der Waals surface area (Å²) in [6.07, 6.45) is 2.19. The molecule has 138 valence electrons. The Kier molecular flexibility index (Phi) is 5.25. The van der Waals surface area contributed by atoms with E-state index in [1.807, 2.05) is 6.07 Å². The van der Waals surface area contributed by atoms with Crippen LogP contribution in [0.25, 0.3) is 11.0 Å². The third-order valence-electron chi connectivity index (χ3n) is 4.49. The van der Waals surface area contributed by atoms with Crippen LogP contribution in [0.2, 0.25) is 0 Å². The number of fused-ring (bicyclic) bond motifs is 3. The summed E-state index contributed by atoms with van der Waals surface area (Å²) in [5.41, 5.74) is 1.97. The van der Waals surface area contributed by atoms with Crippen LogP contribution in [0.1, 0.15) is 37.3 Å². The van der Waals surface area contributed by atoms with Gasteiger partial charge in [-0.05, 0) is 50.3 Å². The number of carboxylic acids is 1. The molecular formula is C19H21NO6. The van der Waals surface area contributed by atoms with Crippen molar-refractivity contribution in [3.8, 4) is 5.75 Å². The Morgan fingerprint density at radius 1 is 1.31 bits per heavy atom. The molecule has 0 spiro atoms. The van der Waals surface area contributed by atoms with Gasteiger partial charge in [0.1, 0.15) is 11.3 Å². The molecule has 0 aliphatic heterocycles. The van der Waals surface area contributed by atoms with Gasteiger partial charge in [-0.1, -0.05) is 0 Å². The van der Waals surface area contributed by atoms with Crippen LogP contribution < -0.4 is 15.7 Å². The number of rotatable bonds is 7. The zero-order chi connectivity index (χ0) is 18.7. The van der Waals surface area contributed by atoms with E-state index in [1.165, 1.54) is 0 Å². The van der Waals surface area contributed by atoms with E-state index in [0.29, 0.717) is 17.8 Å². The highest BCUT2D eigenvalue weighted by Gasteiger charge is 2.20. The van der Waals surface area contributed by atoms with Crippen LogP contribution in [0.4, 0.5) is 0 Å². The second-order valence-corrected chi connectivity index (χ2v) is 6.41. The fourth-order valence-corrected chi connectivity index (χ4v) is 3.19. The van der Waals surface area contributed by atoms with Gasteiger partial charge in [-0.3, -0.25) is 9.59 Å². The lowest BCUT2D eigenvalue weighted by Gasteiger charge is -2.15. The molecule has 26 heavy (non-hydrogen) atoms. The number of carbonyl (C=O) groups is 2. The van der Waals surface area contributed by atoms with E-state index in [9.17, 15) is 14.4 Å². The maximum Gasteiger partial charge on any atom is 0.339 e. The first-order valence-corrected chi connectivity index (χ1v) is 8.70. The Morgan fingerprint density at radius 3 is 2.85 bits per heavy atom. The van der Waals surface area contributed by atoms with E-state index in [0.717, 1.165) is 35.8 Å². The van der Waals surface area contributed by atoms with Crippen molar-refractivity contribution < 1.29 is 23.8 Å². The third kappa shape index (κ3) is 3.87. The molecule has 0 saturated carbocycles. The topological polar surface area (TPSA) is 106 Å². The zero-order valence-corrected chi connectivity index (χ0v) is 14.5. The van der Waals surface area contributed by atoms with Gasteiger partial charge in [0.05, 0.1) is 0 Å². The quantitative estimate of drug-likeness (QED) is 0.579. The van der Waals surface area contributed by atoms with Crippen molar-refractivity contribution in [2.24, 2.45) is 0 Å². The van der Waals surface area contributed by atoms with Crippen LogP contribution >= 0.6 is 0 Å². The van der Waals surface area contributed by atoms with Gasteiger partial charge in [-0.15, -0.1) is 0 Å². The summed E-state index contributed by atoms with van der Waals surface area (Å²) in [5.74, 6) is -0.787. The normalized spacial score (nSPS) is 14.0. The number of carboxylic acid groups (broad SMARTS) is 1. The lowest BCUT2D eigenvalue weighted by molar-refractivity contribution is -0.137. The number of benzene rings is 1. The number of hydrogen-bond donors (Lipinski definition) is 2. The number of amides is 1. The molecule has 1 aromatic heterocycles. The van der Waals surface area contributed by atoms with Gasteiger partial charge in [0.15, 0.2) is 6.10 Å². The molecule has 1 aliphatic carbocycles. The summed E-state index contributed by atoms with van der Waals surface area (Å²) in [7, 11) is 0. The number of aryl methyl sites for hydroxylation is 1. The largest absolute Gasteiger partial charge is 0.481 e. The first-order valence-electron chi connectivity index (χ1n) is 8.70. The van der Waals surface area contributed by atoms with E-state index in [1.54, 1.807) is 19.1 Å². The molecule has 1 unspecified atom stereocenters. The lowest BCUT2D eigenvalue weighted by Crippen LogP contribution is -2.36. The standard InChI is InChI=1S/C19H21NO6/c1-11(18(23)20-9-3-6-17(21)22)25-12-7-8-14-13-4-2-5-15(13)19(24)26-16(14)10-12/h7-8,10-11H,2-6,9H2,1H3,(H,20,23)(H,21,22). The van der Waals surface area contributed by atoms with Crippen molar-refractivity contribution in [1.29, 1.82) is 0 Å². The van der Waals surface area contributed by atoms with Gasteiger partial charge in [-0.25, -0.2) is 4.79 Å². The highest BCUT2D eigenvalue weighted by molar-refractivity contribution is 5.84. The molecule has 1 atom stereocenters. The average molecular weight is 359 g/mol. The molecule has 0 bridgehead atoms. The van der Waals surface area contributed by atoms with Gasteiger partial charge in [0.25, 0.3) is 5.91 Å². The number of carbonyl (C=O) groups excluding carboxylic acids is 1. The van der Waals surface area contributed by atoms with Crippen LogP contribution in [0.5, 0.6) is 5.75 Å². The predicted octanol–water partition coefficient (Wildman–Crippen LogP) is 2.03. The molecule has 1 aromatic carbocycles. The minimum atomic E-state index is -0.896. The van der Waals surface area contributed by atoms with E-state index in [4.69, 9.17) is 14.3 Å². The van der Waals surface area contributed by atoms with Crippen molar-refractivity contribution in [1.82, 2.24) is 5.32 Å². The fraction of sp³-hybridized carbons (Fsp3) is 0.421. The smallest absolute Gasteiger partial charge is 0.339 e.